The van der Waals surface area contributed by atoms with Crippen molar-refractivity contribution in [1.82, 2.24) is 19.9 Å². The molecule has 5 heterocycles. The van der Waals surface area contributed by atoms with E-state index in [1.54, 1.807) is 31.9 Å². The first-order chi connectivity index (χ1) is 25.2. The fourth-order valence-electron chi connectivity index (χ4n) is 7.49. The van der Waals surface area contributed by atoms with Gasteiger partial charge in [0.15, 0.2) is 5.82 Å². The maximum Gasteiger partial charge on any atom is 0.420 e. The van der Waals surface area contributed by atoms with E-state index in [0.29, 0.717) is 23.4 Å². The SMILES string of the molecule is CO[C@H]1CCN(C)[C@@H]1[C@H](C)Oc1nc2c3c(c(C(F)(F)F)c(-c4ccc(F)c5sc(N)c(C#N)c45)c(F)c3n1)OCCN2[C@H](C)c1cc(Cl)cnc1N. The number of thiophene rings is 1. The molecule has 0 amide bonds. The molecule has 1 saturated heterocycles. The van der Waals surface area contributed by atoms with Gasteiger partial charge in [0.25, 0.3) is 0 Å². The number of methoxy groups -OCH3 is 1. The number of nitriles is 1. The average molecular weight is 775 g/mol. The van der Waals surface area contributed by atoms with Crippen molar-refractivity contribution >= 4 is 60.6 Å². The standard InChI is InChI=1S/C35H32ClF5N8O3S/c1-14(18-11-16(36)13-45-31(18)43)49-9-10-51-29-24-27(46-34(47-33(24)49)52-15(2)28-21(50-4)7-8-48(28)3)26(38)23(25(29)35(39,40)41)17-5-6-20(37)30-22(17)19(12-42)32(44)53-30/h5-6,11,13-15,21,28H,7-10,44H2,1-4H3,(H2,43,45)/t14-,15+,21+,28-/m1/s1. The minimum Gasteiger partial charge on any atom is -0.490 e. The molecule has 0 aliphatic carbocycles. The molecule has 11 nitrogen and oxygen atoms in total. The van der Waals surface area contributed by atoms with Gasteiger partial charge in [0.1, 0.15) is 58.1 Å². The van der Waals surface area contributed by atoms with E-state index in [-0.39, 0.29) is 74.0 Å². The fourth-order valence-corrected chi connectivity index (χ4v) is 8.60. The fraction of sp³-hybridized carbons (Fsp3) is 0.371. The Hall–Kier alpha value is -4.76. The van der Waals surface area contributed by atoms with E-state index < -0.39 is 57.9 Å². The highest BCUT2D eigenvalue weighted by Gasteiger charge is 2.45. The minimum absolute atomic E-state index is 0.0469. The lowest BCUT2D eigenvalue weighted by Crippen LogP contribution is -2.45. The number of alkyl halides is 3. The highest BCUT2D eigenvalue weighted by molar-refractivity contribution is 7.23. The maximum atomic E-state index is 17.4. The molecule has 1 fully saturated rings. The summed E-state index contributed by atoms with van der Waals surface area (Å²) in [6, 6.07) is 3.97. The molecule has 18 heteroatoms. The van der Waals surface area contributed by atoms with Gasteiger partial charge in [-0.1, -0.05) is 17.7 Å². The van der Waals surface area contributed by atoms with Crippen LogP contribution >= 0.6 is 22.9 Å². The first-order valence-corrected chi connectivity index (χ1v) is 17.6. The molecule has 7 rings (SSSR count). The van der Waals surface area contributed by atoms with Crippen molar-refractivity contribution in [2.45, 2.75) is 50.7 Å². The summed E-state index contributed by atoms with van der Waals surface area (Å²) in [5.41, 5.74) is 8.91. The van der Waals surface area contributed by atoms with E-state index in [1.165, 1.54) is 6.20 Å². The van der Waals surface area contributed by atoms with Crippen LogP contribution in [0.3, 0.4) is 0 Å². The Morgan fingerprint density at radius 3 is 2.60 bits per heavy atom. The smallest absolute Gasteiger partial charge is 0.420 e. The van der Waals surface area contributed by atoms with E-state index in [9.17, 15) is 5.26 Å². The largest absolute Gasteiger partial charge is 0.490 e. The lowest BCUT2D eigenvalue weighted by atomic mass is 9.91. The van der Waals surface area contributed by atoms with Crippen LogP contribution < -0.4 is 25.8 Å². The van der Waals surface area contributed by atoms with Crippen molar-refractivity contribution in [3.05, 3.63) is 57.7 Å². The third kappa shape index (κ3) is 6.07. The zero-order chi connectivity index (χ0) is 38.1. The number of pyridine rings is 1. The number of likely N-dealkylation sites (N-methyl/N-ethyl adjacent to an activating group) is 1. The van der Waals surface area contributed by atoms with Crippen molar-refractivity contribution in [3.8, 4) is 29.0 Å². The molecule has 5 aromatic rings. The lowest BCUT2D eigenvalue weighted by molar-refractivity contribution is -0.138. The molecular formula is C35H32ClF5N8O3S. The molecule has 53 heavy (non-hydrogen) atoms. The zero-order valence-electron chi connectivity index (χ0n) is 28.7. The van der Waals surface area contributed by atoms with Gasteiger partial charge >= 0.3 is 12.2 Å². The summed E-state index contributed by atoms with van der Waals surface area (Å²) in [5.74, 6) is -3.03. The highest BCUT2D eigenvalue weighted by Crippen LogP contribution is 2.54. The summed E-state index contributed by atoms with van der Waals surface area (Å²) < 4.78 is 96.5. The normalized spacial score (nSPS) is 18.9. The number of halogens is 6. The summed E-state index contributed by atoms with van der Waals surface area (Å²) in [6.45, 7) is 3.84. The average Bonchev–Trinajstić information content (AvgIpc) is 3.60. The summed E-state index contributed by atoms with van der Waals surface area (Å²) >= 11 is 6.94. The quantitative estimate of drug-likeness (QED) is 0.160. The van der Waals surface area contributed by atoms with E-state index in [2.05, 4.69) is 15.0 Å². The summed E-state index contributed by atoms with van der Waals surface area (Å²) in [5, 5.41) is 9.40. The highest BCUT2D eigenvalue weighted by atomic mass is 35.5. The Morgan fingerprint density at radius 2 is 1.91 bits per heavy atom. The van der Waals surface area contributed by atoms with Gasteiger partial charge in [0, 0.05) is 36.4 Å². The topological polar surface area (TPSA) is 149 Å². The predicted molar refractivity (Wildman–Crippen MR) is 191 cm³/mol. The van der Waals surface area contributed by atoms with Crippen molar-refractivity contribution in [1.29, 1.82) is 5.26 Å². The number of hydrogen-bond donors (Lipinski definition) is 2. The molecule has 3 aromatic heterocycles. The Bertz CT molecular complexity index is 2320. The van der Waals surface area contributed by atoms with Gasteiger partial charge in [-0.25, -0.2) is 13.8 Å². The third-order valence-corrected chi connectivity index (χ3v) is 11.1. The summed E-state index contributed by atoms with van der Waals surface area (Å²) in [7, 11) is 3.48. The van der Waals surface area contributed by atoms with Gasteiger partial charge in [-0.05, 0) is 45.0 Å². The summed E-state index contributed by atoms with van der Waals surface area (Å²) in [4.78, 5) is 16.8. The van der Waals surface area contributed by atoms with E-state index >= 15 is 22.0 Å². The van der Waals surface area contributed by atoms with Crippen molar-refractivity contribution in [2.75, 3.05) is 50.2 Å². The van der Waals surface area contributed by atoms with Crippen molar-refractivity contribution in [3.63, 3.8) is 0 Å². The van der Waals surface area contributed by atoms with E-state index in [0.717, 1.165) is 18.6 Å². The van der Waals surface area contributed by atoms with Gasteiger partial charge in [-0.2, -0.15) is 28.4 Å². The van der Waals surface area contributed by atoms with Gasteiger partial charge < -0.3 is 30.6 Å². The molecule has 278 valence electrons. The van der Waals surface area contributed by atoms with Crippen LogP contribution in [0.25, 0.3) is 32.1 Å². The van der Waals surface area contributed by atoms with E-state index in [4.69, 9.17) is 37.3 Å². The molecule has 2 aromatic carbocycles. The number of fused-ring (bicyclic) bond motifs is 1. The van der Waals surface area contributed by atoms with Crippen molar-refractivity contribution in [2.24, 2.45) is 0 Å². The van der Waals surface area contributed by atoms with Crippen LogP contribution in [-0.4, -0.2) is 72.0 Å². The summed E-state index contributed by atoms with van der Waals surface area (Å²) in [6.07, 6.45) is -4.00. The van der Waals surface area contributed by atoms with Crippen LogP contribution in [0, 0.1) is 23.0 Å². The zero-order valence-corrected chi connectivity index (χ0v) is 30.3. The number of nitrogens with zero attached hydrogens (tertiary/aromatic N) is 6. The molecule has 0 bridgehead atoms. The van der Waals surface area contributed by atoms with Crippen LogP contribution in [0.2, 0.25) is 5.02 Å². The molecule has 0 radical (unpaired) electrons. The molecule has 0 unspecified atom stereocenters. The van der Waals surface area contributed by atoms with Crippen LogP contribution in [0.15, 0.2) is 24.4 Å². The Morgan fingerprint density at radius 1 is 1.15 bits per heavy atom. The number of hydrogen-bond acceptors (Lipinski definition) is 12. The van der Waals surface area contributed by atoms with Gasteiger partial charge in [-0.3, -0.25) is 4.90 Å². The minimum atomic E-state index is -5.24. The monoisotopic (exact) mass is 774 g/mol. The molecule has 0 saturated carbocycles. The van der Waals surface area contributed by atoms with Gasteiger partial charge in [0.2, 0.25) is 0 Å². The molecule has 4 N–H and O–H groups in total. The number of anilines is 3. The number of rotatable bonds is 7. The number of benzene rings is 2. The first kappa shape index (κ1) is 36.6. The lowest BCUT2D eigenvalue weighted by Gasteiger charge is -2.32. The molecule has 2 aliphatic rings. The van der Waals surface area contributed by atoms with Crippen LogP contribution in [0.5, 0.6) is 11.8 Å². The molecule has 0 spiro atoms. The predicted octanol–water partition coefficient (Wildman–Crippen LogP) is 7.34. The van der Waals surface area contributed by atoms with Crippen molar-refractivity contribution < 1.29 is 36.2 Å². The molecular weight excluding hydrogens is 743 g/mol. The third-order valence-electron chi connectivity index (χ3n) is 9.90. The Labute approximate surface area is 308 Å². The van der Waals surface area contributed by atoms with Gasteiger partial charge in [0.05, 0.1) is 45.4 Å². The number of likely N-dealkylation sites (tertiary alicyclic amines) is 1. The Balaban J connectivity index is 1.55. The first-order valence-electron chi connectivity index (χ1n) is 16.4. The molecule has 4 atom stereocenters. The van der Waals surface area contributed by atoms with Crippen LogP contribution in [0.4, 0.5) is 38.6 Å². The number of ether oxygens (including phenoxy) is 3. The van der Waals surface area contributed by atoms with E-state index in [1.807, 2.05) is 18.0 Å². The second-order valence-electron chi connectivity index (χ2n) is 12.9. The van der Waals surface area contributed by atoms with Crippen LogP contribution in [-0.2, 0) is 10.9 Å². The second kappa shape index (κ2) is 13.6. The number of aromatic nitrogens is 3. The number of nitrogens with two attached hydrogens (primary N) is 2. The number of nitrogen functional groups attached to an aromatic ring is 2. The Kier molecular flexibility index (Phi) is 9.38. The van der Waals surface area contributed by atoms with Gasteiger partial charge in [-0.15, -0.1) is 11.3 Å². The molecule has 2 aliphatic heterocycles. The maximum absolute atomic E-state index is 17.4. The van der Waals surface area contributed by atoms with Crippen LogP contribution in [0.1, 0.15) is 43.0 Å². The second-order valence-corrected chi connectivity index (χ2v) is 14.4.